The zero-order valence-corrected chi connectivity index (χ0v) is 16.3. The molecule has 0 bridgehead atoms. The fraction of sp³-hybridized carbons (Fsp3) is 0.429. The number of phenols is 1. The average molecular weight is 401 g/mol. The molecule has 6 nitrogen and oxygen atoms in total. The van der Waals surface area contributed by atoms with E-state index in [0.717, 1.165) is 22.4 Å². The molecule has 1 spiro atoms. The Bertz CT molecular complexity index is 881. The summed E-state index contributed by atoms with van der Waals surface area (Å²) in [5, 5.41) is 18.6. The van der Waals surface area contributed by atoms with E-state index in [1.807, 2.05) is 17.0 Å². The first-order valence-corrected chi connectivity index (χ1v) is 10.3. The Morgan fingerprint density at radius 3 is 2.57 bits per heavy atom. The van der Waals surface area contributed by atoms with E-state index in [4.69, 9.17) is 4.74 Å². The lowest BCUT2D eigenvalue weighted by molar-refractivity contribution is -0.140. The SMILES string of the molecule is O=C(O)c1cc2c(s1)C1(CCN(C(=O)CCc3ccc(O)cc3)CC1)OCC2. The Morgan fingerprint density at radius 1 is 1.18 bits per heavy atom. The molecule has 2 aromatic rings. The summed E-state index contributed by atoms with van der Waals surface area (Å²) in [4.78, 5) is 27.2. The summed E-state index contributed by atoms with van der Waals surface area (Å²) >= 11 is 1.32. The lowest BCUT2D eigenvalue weighted by Gasteiger charge is -2.43. The summed E-state index contributed by atoms with van der Waals surface area (Å²) in [6.45, 7) is 1.83. The number of carboxylic acids is 1. The van der Waals surface area contributed by atoms with Gasteiger partial charge in [0.2, 0.25) is 5.91 Å². The monoisotopic (exact) mass is 401 g/mol. The molecule has 0 atom stereocenters. The van der Waals surface area contributed by atoms with Crippen LogP contribution in [0.5, 0.6) is 5.75 Å². The molecule has 2 aliphatic rings. The van der Waals surface area contributed by atoms with Crippen molar-refractivity contribution in [3.8, 4) is 5.75 Å². The van der Waals surface area contributed by atoms with Gasteiger partial charge in [0.1, 0.15) is 16.2 Å². The molecule has 1 fully saturated rings. The maximum atomic E-state index is 12.6. The largest absolute Gasteiger partial charge is 0.508 e. The highest BCUT2D eigenvalue weighted by atomic mass is 32.1. The van der Waals surface area contributed by atoms with Crippen LogP contribution in [0.2, 0.25) is 0 Å². The highest BCUT2D eigenvalue weighted by molar-refractivity contribution is 7.14. The van der Waals surface area contributed by atoms with Crippen LogP contribution in [-0.4, -0.2) is 46.7 Å². The summed E-state index contributed by atoms with van der Waals surface area (Å²) in [7, 11) is 0. The van der Waals surface area contributed by atoms with E-state index in [9.17, 15) is 19.8 Å². The van der Waals surface area contributed by atoms with Crippen molar-refractivity contribution in [2.24, 2.45) is 0 Å². The molecule has 0 aliphatic carbocycles. The van der Waals surface area contributed by atoms with Gasteiger partial charge in [-0.25, -0.2) is 4.79 Å². The van der Waals surface area contributed by atoms with E-state index < -0.39 is 11.6 Å². The lowest BCUT2D eigenvalue weighted by Crippen LogP contribution is -2.47. The normalized spacial score (nSPS) is 18.1. The zero-order valence-electron chi connectivity index (χ0n) is 15.5. The number of phenolic OH excluding ortho intramolecular Hbond substituents is 1. The maximum Gasteiger partial charge on any atom is 0.345 e. The number of aryl methyl sites for hydroxylation is 1. The van der Waals surface area contributed by atoms with Gasteiger partial charge in [0.15, 0.2) is 0 Å². The first kappa shape index (κ1) is 19.0. The van der Waals surface area contributed by atoms with Crippen LogP contribution in [-0.2, 0) is 28.0 Å². The summed E-state index contributed by atoms with van der Waals surface area (Å²) in [6, 6.07) is 8.72. The Balaban J connectivity index is 1.39. The number of carboxylic acid groups (broad SMARTS) is 1. The molecule has 1 aromatic carbocycles. The van der Waals surface area contributed by atoms with Gasteiger partial charge in [-0.1, -0.05) is 12.1 Å². The van der Waals surface area contributed by atoms with Gasteiger partial charge in [-0.2, -0.15) is 0 Å². The molecule has 7 heteroatoms. The van der Waals surface area contributed by atoms with Gasteiger partial charge in [0.05, 0.1) is 6.61 Å². The van der Waals surface area contributed by atoms with Crippen LogP contribution in [0.15, 0.2) is 30.3 Å². The summed E-state index contributed by atoms with van der Waals surface area (Å²) < 4.78 is 6.15. The van der Waals surface area contributed by atoms with E-state index in [0.29, 0.717) is 50.3 Å². The number of amides is 1. The molecule has 3 heterocycles. The first-order valence-electron chi connectivity index (χ1n) is 9.53. The predicted molar refractivity (Wildman–Crippen MR) is 105 cm³/mol. The fourth-order valence-electron chi connectivity index (χ4n) is 4.09. The minimum Gasteiger partial charge on any atom is -0.508 e. The van der Waals surface area contributed by atoms with E-state index in [1.54, 1.807) is 18.2 Å². The van der Waals surface area contributed by atoms with Crippen LogP contribution in [0.3, 0.4) is 0 Å². The molecule has 1 amide bonds. The van der Waals surface area contributed by atoms with Crippen molar-refractivity contribution in [3.05, 3.63) is 51.2 Å². The third kappa shape index (κ3) is 3.64. The van der Waals surface area contributed by atoms with Crippen LogP contribution in [0, 0.1) is 0 Å². The van der Waals surface area contributed by atoms with Crippen molar-refractivity contribution >= 4 is 23.2 Å². The number of nitrogens with zero attached hydrogens (tertiary/aromatic N) is 1. The molecule has 2 aliphatic heterocycles. The van der Waals surface area contributed by atoms with Gasteiger partial charge < -0.3 is 19.8 Å². The number of thiophene rings is 1. The number of ether oxygens (including phenoxy) is 1. The van der Waals surface area contributed by atoms with E-state index in [-0.39, 0.29) is 11.7 Å². The summed E-state index contributed by atoms with van der Waals surface area (Å²) in [5.74, 6) is -0.546. The molecule has 148 valence electrons. The second kappa shape index (κ2) is 7.56. The third-order valence-corrected chi connectivity index (χ3v) is 7.02. The van der Waals surface area contributed by atoms with Crippen LogP contribution in [0.4, 0.5) is 0 Å². The fourth-order valence-corrected chi connectivity index (χ4v) is 5.34. The molecule has 1 aromatic heterocycles. The molecular weight excluding hydrogens is 378 g/mol. The van der Waals surface area contributed by atoms with Crippen LogP contribution in [0.25, 0.3) is 0 Å². The number of hydrogen-bond acceptors (Lipinski definition) is 5. The van der Waals surface area contributed by atoms with E-state index in [1.165, 1.54) is 11.3 Å². The molecule has 0 radical (unpaired) electrons. The molecule has 2 N–H and O–H groups in total. The minimum absolute atomic E-state index is 0.122. The van der Waals surface area contributed by atoms with Gasteiger partial charge in [0.25, 0.3) is 0 Å². The number of likely N-dealkylation sites (tertiary alicyclic amines) is 1. The topological polar surface area (TPSA) is 87.1 Å². The number of aromatic hydroxyl groups is 1. The predicted octanol–water partition coefficient (Wildman–Crippen LogP) is 3.18. The van der Waals surface area contributed by atoms with E-state index in [2.05, 4.69) is 0 Å². The molecule has 1 saturated heterocycles. The van der Waals surface area contributed by atoms with Crippen molar-refractivity contribution in [3.63, 3.8) is 0 Å². The average Bonchev–Trinajstić information content (AvgIpc) is 3.14. The number of rotatable bonds is 4. The number of aromatic carboxylic acids is 1. The third-order valence-electron chi connectivity index (χ3n) is 5.67. The number of benzene rings is 1. The smallest absolute Gasteiger partial charge is 0.345 e. The second-order valence-corrected chi connectivity index (χ2v) is 8.46. The van der Waals surface area contributed by atoms with Crippen LogP contribution < -0.4 is 0 Å². The van der Waals surface area contributed by atoms with Gasteiger partial charge in [0, 0.05) is 24.4 Å². The number of carbonyl (C=O) groups excluding carboxylic acids is 1. The standard InChI is InChI=1S/C21H23NO5S/c23-16-4-1-14(2-5-16)3-6-18(24)22-10-8-21(9-11-22)19-15(7-12-27-21)13-17(28-19)20(25)26/h1-2,4-5,13,23H,3,6-12H2,(H,25,26). The quantitative estimate of drug-likeness (QED) is 0.822. The van der Waals surface area contributed by atoms with Gasteiger partial charge in [-0.05, 0) is 55.0 Å². The number of fused-ring (bicyclic) bond motifs is 2. The van der Waals surface area contributed by atoms with Crippen molar-refractivity contribution in [1.29, 1.82) is 0 Å². The van der Waals surface area contributed by atoms with Crippen LogP contribution in [0.1, 0.15) is 44.9 Å². The first-order chi connectivity index (χ1) is 13.5. The molecule has 28 heavy (non-hydrogen) atoms. The Labute approximate surface area is 167 Å². The summed E-state index contributed by atoms with van der Waals surface area (Å²) in [5.41, 5.74) is 1.67. The second-order valence-electron chi connectivity index (χ2n) is 7.41. The van der Waals surface area contributed by atoms with Gasteiger partial charge in [-0.15, -0.1) is 11.3 Å². The van der Waals surface area contributed by atoms with Crippen LogP contribution >= 0.6 is 11.3 Å². The summed E-state index contributed by atoms with van der Waals surface area (Å²) in [6.07, 6.45) is 3.23. The van der Waals surface area contributed by atoms with E-state index >= 15 is 0 Å². The van der Waals surface area contributed by atoms with Crippen molar-refractivity contribution in [1.82, 2.24) is 4.90 Å². The number of piperidine rings is 1. The van der Waals surface area contributed by atoms with Gasteiger partial charge in [-0.3, -0.25) is 4.79 Å². The number of hydrogen-bond donors (Lipinski definition) is 2. The number of carbonyl (C=O) groups is 2. The van der Waals surface area contributed by atoms with Crippen molar-refractivity contribution < 1.29 is 24.5 Å². The highest BCUT2D eigenvalue weighted by Gasteiger charge is 2.43. The Morgan fingerprint density at radius 2 is 1.89 bits per heavy atom. The zero-order chi connectivity index (χ0) is 19.7. The Hall–Kier alpha value is -2.38. The minimum atomic E-state index is -0.892. The molecule has 4 rings (SSSR count). The Kier molecular flexibility index (Phi) is 5.12. The highest BCUT2D eigenvalue weighted by Crippen LogP contribution is 2.45. The van der Waals surface area contributed by atoms with Crippen molar-refractivity contribution in [2.75, 3.05) is 19.7 Å². The molecular formula is C21H23NO5S. The van der Waals surface area contributed by atoms with Gasteiger partial charge >= 0.3 is 5.97 Å². The maximum absolute atomic E-state index is 12.6. The lowest BCUT2D eigenvalue weighted by atomic mass is 9.85. The molecule has 0 unspecified atom stereocenters. The molecule has 0 saturated carbocycles. The van der Waals surface area contributed by atoms with Crippen molar-refractivity contribution in [2.45, 2.75) is 37.7 Å².